The highest BCUT2D eigenvalue weighted by Gasteiger charge is 2.29. The fourth-order valence-corrected chi connectivity index (χ4v) is 6.36. The molecule has 4 rings (SSSR count). The minimum absolute atomic E-state index is 0.0650. The topological polar surface area (TPSA) is 94.2 Å². The number of fused-ring (bicyclic) bond motifs is 1. The van der Waals surface area contributed by atoms with Crippen LogP contribution in [0.15, 0.2) is 60.7 Å². The molecule has 0 saturated heterocycles. The number of carbonyl (C=O) groups excluding carboxylic acids is 3. The molecule has 3 aromatic rings. The van der Waals surface area contributed by atoms with E-state index in [-0.39, 0.29) is 29.3 Å². The molecule has 270 valence electrons. The number of rotatable bonds is 12. The summed E-state index contributed by atoms with van der Waals surface area (Å²) in [5.74, 6) is 0.963. The Labute approximate surface area is 298 Å². The van der Waals surface area contributed by atoms with Gasteiger partial charge < -0.3 is 24.4 Å². The van der Waals surface area contributed by atoms with Crippen molar-refractivity contribution in [2.24, 2.45) is 5.41 Å². The van der Waals surface area contributed by atoms with Crippen molar-refractivity contribution >= 4 is 23.5 Å². The van der Waals surface area contributed by atoms with Gasteiger partial charge >= 0.3 is 11.9 Å². The van der Waals surface area contributed by atoms with Gasteiger partial charge in [0.05, 0.1) is 24.6 Å². The van der Waals surface area contributed by atoms with E-state index in [0.717, 1.165) is 42.5 Å². The standard InChI is InChI=1S/C42H56N2O6/c1-11-44(38(46)29-14-12-28(13-15-29)27-42(8,9)43-23-22-37(45)50-41(5,6)7)36-26-33(48-10)20-21-35(36)32-17-16-31-25-34(19-18-30(31)24-32)49-39(47)40(2,3)4/h12-15,18-21,25-26,32,43H,11,16-17,22-24,27H2,1-10H3. The lowest BCUT2D eigenvalue weighted by molar-refractivity contribution is -0.154. The van der Waals surface area contributed by atoms with Crippen LogP contribution in [0.2, 0.25) is 0 Å². The maximum atomic E-state index is 14.1. The SMILES string of the molecule is CCN(C(=O)c1ccc(CC(C)(C)NCCC(=O)OC(C)(C)C)cc1)c1cc(OC)ccc1C1CCc2cc(OC(=O)C(C)(C)C)ccc2C1. The molecule has 0 fully saturated rings. The highest BCUT2D eigenvalue weighted by molar-refractivity contribution is 6.06. The zero-order chi connectivity index (χ0) is 36.9. The Hall–Kier alpha value is -4.17. The Morgan fingerprint density at radius 2 is 1.54 bits per heavy atom. The van der Waals surface area contributed by atoms with Gasteiger partial charge in [0.2, 0.25) is 0 Å². The van der Waals surface area contributed by atoms with Gasteiger partial charge in [-0.25, -0.2) is 0 Å². The van der Waals surface area contributed by atoms with Crippen LogP contribution in [-0.4, -0.2) is 49.2 Å². The molecule has 50 heavy (non-hydrogen) atoms. The predicted octanol–water partition coefficient (Wildman–Crippen LogP) is 8.23. The second-order valence-electron chi connectivity index (χ2n) is 16.0. The van der Waals surface area contributed by atoms with Crippen LogP contribution in [-0.2, 0) is 33.6 Å². The average molecular weight is 685 g/mol. The molecule has 0 saturated carbocycles. The molecule has 8 nitrogen and oxygen atoms in total. The summed E-state index contributed by atoms with van der Waals surface area (Å²) < 4.78 is 16.7. The van der Waals surface area contributed by atoms with Gasteiger partial charge in [0.15, 0.2) is 0 Å². The lowest BCUT2D eigenvalue weighted by Gasteiger charge is -2.31. The zero-order valence-corrected chi connectivity index (χ0v) is 31.7. The number of anilines is 1. The van der Waals surface area contributed by atoms with Gasteiger partial charge in [-0.05, 0) is 147 Å². The van der Waals surface area contributed by atoms with E-state index in [0.29, 0.717) is 36.6 Å². The maximum Gasteiger partial charge on any atom is 0.316 e. The molecule has 1 aliphatic rings. The van der Waals surface area contributed by atoms with E-state index in [2.05, 4.69) is 31.3 Å². The number of nitrogens with one attached hydrogen (secondary N) is 1. The molecule has 1 atom stereocenters. The fraction of sp³-hybridized carbons (Fsp3) is 0.500. The maximum absolute atomic E-state index is 14.1. The lowest BCUT2D eigenvalue weighted by atomic mass is 9.79. The van der Waals surface area contributed by atoms with E-state index in [1.165, 1.54) is 11.1 Å². The fourth-order valence-electron chi connectivity index (χ4n) is 6.36. The van der Waals surface area contributed by atoms with Crippen LogP contribution < -0.4 is 19.7 Å². The molecule has 1 aliphatic carbocycles. The molecule has 0 aliphatic heterocycles. The molecular weight excluding hydrogens is 628 g/mol. The Morgan fingerprint density at radius 3 is 2.16 bits per heavy atom. The van der Waals surface area contributed by atoms with Crippen LogP contribution in [0.4, 0.5) is 5.69 Å². The first-order valence-corrected chi connectivity index (χ1v) is 17.8. The van der Waals surface area contributed by atoms with Crippen molar-refractivity contribution < 1.29 is 28.6 Å². The minimum atomic E-state index is -0.573. The predicted molar refractivity (Wildman–Crippen MR) is 199 cm³/mol. The van der Waals surface area contributed by atoms with Crippen LogP contribution in [0.5, 0.6) is 11.5 Å². The Kier molecular flexibility index (Phi) is 12.2. The summed E-state index contributed by atoms with van der Waals surface area (Å²) in [6.45, 7) is 18.4. The summed E-state index contributed by atoms with van der Waals surface area (Å²) >= 11 is 0. The number of carbonyl (C=O) groups is 3. The molecule has 3 aromatic carbocycles. The third-order valence-corrected chi connectivity index (χ3v) is 8.96. The second-order valence-corrected chi connectivity index (χ2v) is 16.0. The summed E-state index contributed by atoms with van der Waals surface area (Å²) in [4.78, 5) is 40.5. The van der Waals surface area contributed by atoms with Crippen molar-refractivity contribution in [1.82, 2.24) is 5.32 Å². The highest BCUT2D eigenvalue weighted by atomic mass is 16.6. The van der Waals surface area contributed by atoms with Crippen molar-refractivity contribution in [3.63, 3.8) is 0 Å². The number of ether oxygens (including phenoxy) is 3. The molecule has 1 N–H and O–H groups in total. The number of aryl methyl sites for hydroxylation is 1. The molecule has 1 amide bonds. The lowest BCUT2D eigenvalue weighted by Crippen LogP contribution is -2.42. The van der Waals surface area contributed by atoms with E-state index >= 15 is 0 Å². The van der Waals surface area contributed by atoms with E-state index < -0.39 is 11.0 Å². The van der Waals surface area contributed by atoms with Crippen molar-refractivity contribution in [3.8, 4) is 11.5 Å². The largest absolute Gasteiger partial charge is 0.497 e. The third kappa shape index (κ3) is 10.4. The Balaban J connectivity index is 1.47. The number of hydrogen-bond donors (Lipinski definition) is 1. The number of esters is 2. The van der Waals surface area contributed by atoms with E-state index in [1.807, 2.05) is 102 Å². The van der Waals surface area contributed by atoms with Gasteiger partial charge in [-0.15, -0.1) is 0 Å². The van der Waals surface area contributed by atoms with E-state index in [1.54, 1.807) is 7.11 Å². The summed E-state index contributed by atoms with van der Waals surface area (Å²) in [6.07, 6.45) is 3.61. The molecular formula is C42H56N2O6. The number of nitrogens with zero attached hydrogens (tertiary/aromatic N) is 1. The quantitative estimate of drug-likeness (QED) is 0.152. The van der Waals surface area contributed by atoms with E-state index in [4.69, 9.17) is 14.2 Å². The summed E-state index contributed by atoms with van der Waals surface area (Å²) in [6, 6.07) is 19.8. The van der Waals surface area contributed by atoms with E-state index in [9.17, 15) is 14.4 Å². The molecule has 0 bridgehead atoms. The molecule has 0 heterocycles. The van der Waals surface area contributed by atoms with Gasteiger partial charge in [-0.3, -0.25) is 14.4 Å². The monoisotopic (exact) mass is 684 g/mol. The van der Waals surface area contributed by atoms with Gasteiger partial charge in [-0.1, -0.05) is 24.3 Å². The summed E-state index contributed by atoms with van der Waals surface area (Å²) in [7, 11) is 1.64. The molecule has 0 aromatic heterocycles. The number of methoxy groups -OCH3 is 1. The first-order chi connectivity index (χ1) is 23.4. The third-order valence-electron chi connectivity index (χ3n) is 8.96. The number of benzene rings is 3. The van der Waals surface area contributed by atoms with Gasteiger partial charge in [0, 0.05) is 30.3 Å². The van der Waals surface area contributed by atoms with Gasteiger partial charge in [0.1, 0.15) is 17.1 Å². The first kappa shape index (κ1) is 38.6. The van der Waals surface area contributed by atoms with Crippen LogP contribution in [0.3, 0.4) is 0 Å². The number of amides is 1. The zero-order valence-electron chi connectivity index (χ0n) is 31.7. The molecule has 0 spiro atoms. The van der Waals surface area contributed by atoms with Crippen molar-refractivity contribution in [3.05, 3.63) is 88.5 Å². The molecule has 8 heteroatoms. The van der Waals surface area contributed by atoms with Crippen LogP contribution in [0, 0.1) is 5.41 Å². The number of hydrogen-bond acceptors (Lipinski definition) is 7. The van der Waals surface area contributed by atoms with Crippen molar-refractivity contribution in [1.29, 1.82) is 0 Å². The van der Waals surface area contributed by atoms with Crippen molar-refractivity contribution in [2.75, 3.05) is 25.1 Å². The molecule has 0 radical (unpaired) electrons. The minimum Gasteiger partial charge on any atom is -0.497 e. The highest BCUT2D eigenvalue weighted by Crippen LogP contribution is 2.40. The van der Waals surface area contributed by atoms with Gasteiger partial charge in [-0.2, -0.15) is 0 Å². The van der Waals surface area contributed by atoms with Crippen LogP contribution in [0.1, 0.15) is 114 Å². The van der Waals surface area contributed by atoms with Crippen LogP contribution in [0.25, 0.3) is 0 Å². The Bertz CT molecular complexity index is 1660. The summed E-state index contributed by atoms with van der Waals surface area (Å²) in [5.41, 5.74) is 4.79. The smallest absolute Gasteiger partial charge is 0.316 e. The van der Waals surface area contributed by atoms with Gasteiger partial charge in [0.25, 0.3) is 5.91 Å². The van der Waals surface area contributed by atoms with Crippen LogP contribution >= 0.6 is 0 Å². The average Bonchev–Trinajstić information content (AvgIpc) is 3.03. The normalized spacial score (nSPS) is 14.8. The first-order valence-electron chi connectivity index (χ1n) is 17.8. The Morgan fingerprint density at radius 1 is 0.860 bits per heavy atom. The summed E-state index contributed by atoms with van der Waals surface area (Å²) in [5, 5.41) is 3.47. The van der Waals surface area contributed by atoms with Crippen molar-refractivity contribution in [2.45, 2.75) is 111 Å². The molecule has 1 unspecified atom stereocenters. The second kappa shape index (κ2) is 15.8.